The van der Waals surface area contributed by atoms with Crippen LogP contribution in [0.4, 0.5) is 0 Å². The Morgan fingerprint density at radius 3 is 1.04 bits per heavy atom. The highest BCUT2D eigenvalue weighted by atomic mass is 16.5. The van der Waals surface area contributed by atoms with Crippen LogP contribution in [0.25, 0.3) is 12.2 Å². The maximum absolute atomic E-state index is 12.9. The molecule has 80 heavy (non-hydrogen) atoms. The quantitative estimate of drug-likeness (QED) is 0.0523. The van der Waals surface area contributed by atoms with Crippen LogP contribution in [0.1, 0.15) is 97.3 Å². The number of benzene rings is 8. The number of hydrogen-bond donors (Lipinski definition) is 18. The Labute approximate surface area is 451 Å². The van der Waals surface area contributed by atoms with Crippen LogP contribution < -0.4 is 14.2 Å². The molecule has 3 heterocycles. The van der Waals surface area contributed by atoms with Crippen molar-refractivity contribution in [3.63, 3.8) is 0 Å². The number of hydrogen-bond acceptors (Lipinski definition) is 21. The molecule has 3 aliphatic rings. The van der Waals surface area contributed by atoms with Crippen molar-refractivity contribution in [3.05, 3.63) is 176 Å². The molecule has 9 atom stereocenters. The minimum atomic E-state index is -2.09. The van der Waals surface area contributed by atoms with Gasteiger partial charge in [-0.05, 0) is 88.5 Å². The second-order valence-corrected chi connectivity index (χ2v) is 19.7. The minimum absolute atomic E-state index is 0.0140. The van der Waals surface area contributed by atoms with Gasteiger partial charge in [0.05, 0.1) is 17.8 Å². The summed E-state index contributed by atoms with van der Waals surface area (Å²) in [6, 6.07) is 22.2. The van der Waals surface area contributed by atoms with Gasteiger partial charge in [-0.1, -0.05) is 42.5 Å². The molecule has 18 N–H and O–H groups in total. The molecule has 21 heteroatoms. The van der Waals surface area contributed by atoms with E-state index in [-0.39, 0.29) is 39.3 Å². The molecule has 21 nitrogen and oxygen atoms in total. The third-order valence-electron chi connectivity index (χ3n) is 14.8. The van der Waals surface area contributed by atoms with Crippen LogP contribution in [0, 0.1) is 0 Å². The second-order valence-electron chi connectivity index (χ2n) is 19.7. The van der Waals surface area contributed by atoms with Crippen molar-refractivity contribution in [2.75, 3.05) is 0 Å². The number of ether oxygens (including phenoxy) is 3. The van der Waals surface area contributed by atoms with Gasteiger partial charge in [-0.25, -0.2) is 0 Å². The van der Waals surface area contributed by atoms with Crippen molar-refractivity contribution < 1.29 is 106 Å². The van der Waals surface area contributed by atoms with E-state index in [0.717, 1.165) is 60.7 Å². The molecule has 9 unspecified atom stereocenters. The summed E-state index contributed by atoms with van der Waals surface area (Å²) in [6.07, 6.45) is -7.95. The number of phenols is 15. The summed E-state index contributed by atoms with van der Waals surface area (Å²) < 4.78 is 19.3. The predicted molar refractivity (Wildman–Crippen MR) is 279 cm³/mol. The van der Waals surface area contributed by atoms with Gasteiger partial charge in [0, 0.05) is 57.6 Å². The summed E-state index contributed by atoms with van der Waals surface area (Å²) >= 11 is 0. The van der Waals surface area contributed by atoms with Crippen LogP contribution in [0.2, 0.25) is 0 Å². The molecule has 0 bridgehead atoms. The lowest BCUT2D eigenvalue weighted by Gasteiger charge is -2.44. The Balaban J connectivity index is 1.17. The molecule has 0 fully saturated rings. The summed E-state index contributed by atoms with van der Waals surface area (Å²) in [5, 5.41) is 206. The molecule has 0 radical (unpaired) electrons. The van der Waals surface area contributed by atoms with Gasteiger partial charge in [-0.3, -0.25) is 0 Å². The average molecular weight is 1090 g/mol. The summed E-state index contributed by atoms with van der Waals surface area (Å²) in [7, 11) is 0. The summed E-state index contributed by atoms with van der Waals surface area (Å²) in [6.45, 7) is 0. The molecule has 0 saturated heterocycles. The molecular formula is C59H48O21. The summed E-state index contributed by atoms with van der Waals surface area (Å²) in [5.74, 6) is -16.6. The van der Waals surface area contributed by atoms with E-state index in [4.69, 9.17) is 14.2 Å². The first-order chi connectivity index (χ1) is 38.1. The van der Waals surface area contributed by atoms with Crippen LogP contribution in [-0.4, -0.2) is 110 Å². The third kappa shape index (κ3) is 8.57. The number of phenolic OH excluding ortho intramolecular Hbond substituents is 15. The van der Waals surface area contributed by atoms with Gasteiger partial charge in [0.15, 0.2) is 52.8 Å². The van der Waals surface area contributed by atoms with E-state index >= 15 is 0 Å². The van der Waals surface area contributed by atoms with Gasteiger partial charge >= 0.3 is 0 Å². The second kappa shape index (κ2) is 19.4. The number of aliphatic hydroxyl groups excluding tert-OH is 3. The largest absolute Gasteiger partial charge is 0.508 e. The molecule has 0 aliphatic carbocycles. The van der Waals surface area contributed by atoms with E-state index in [1.165, 1.54) is 48.5 Å². The SMILES string of the molecule is Oc1ccc(C=Cc2cc(O)c(C3c4c(O)cc(O)c(C5c6c(O)cc(O)c(C7c8c(O)cc(O)cc8OC(c8ccc(O)c(O)c8)C7O)c6OC(c6ccc(O)c(O)c6)C5O)c4OC(c4ccc(O)c(O)c4)C3O)c(O)c2)cc1. The fourth-order valence-corrected chi connectivity index (χ4v) is 11.2. The number of rotatable bonds is 8. The predicted octanol–water partition coefficient (Wildman–Crippen LogP) is 7.32. The van der Waals surface area contributed by atoms with Gasteiger partial charge in [-0.15, -0.1) is 0 Å². The minimum Gasteiger partial charge on any atom is -0.508 e. The van der Waals surface area contributed by atoms with Gasteiger partial charge in [-0.2, -0.15) is 0 Å². The van der Waals surface area contributed by atoms with Crippen molar-refractivity contribution in [2.45, 2.75) is 54.4 Å². The van der Waals surface area contributed by atoms with Crippen molar-refractivity contribution in [1.82, 2.24) is 0 Å². The van der Waals surface area contributed by atoms with Crippen LogP contribution in [0.3, 0.4) is 0 Å². The first kappa shape index (κ1) is 51.9. The molecule has 3 aliphatic heterocycles. The van der Waals surface area contributed by atoms with E-state index in [0.29, 0.717) is 5.56 Å². The first-order valence-corrected chi connectivity index (χ1v) is 24.5. The zero-order valence-corrected chi connectivity index (χ0v) is 41.1. The molecule has 410 valence electrons. The average Bonchev–Trinajstić information content (AvgIpc) is 1.77. The fraction of sp³-hybridized carbons (Fsp3) is 0.153. The number of fused-ring (bicyclic) bond motifs is 3. The number of aromatic hydroxyl groups is 15. The van der Waals surface area contributed by atoms with E-state index < -0.39 is 174 Å². The molecule has 0 amide bonds. The normalized spacial score (nSPS) is 22.1. The lowest BCUT2D eigenvalue weighted by atomic mass is 9.72. The van der Waals surface area contributed by atoms with E-state index in [1.807, 2.05) is 0 Å². The van der Waals surface area contributed by atoms with E-state index in [1.54, 1.807) is 18.2 Å². The Hall–Kier alpha value is -10.2. The fourth-order valence-electron chi connectivity index (χ4n) is 11.2. The summed E-state index contributed by atoms with van der Waals surface area (Å²) in [4.78, 5) is 0. The standard InChI is InChI=1S/C59H48O21/c60-27-8-3-22(4-9-27)1-2-23-13-35(68)43(36(69)14-23)49-45-38(71)20-40(73)47(58(45)79-56(52(49)75)25-6-11-30(63)33(66)16-25)51-48-41(74)21-39(72)46(59(48)80-57(54(51)77)26-7-12-31(64)34(67)17-26)50-44-37(70)18-28(61)19-42(44)78-55(53(50)76)24-5-10-29(62)32(65)15-24/h1-21,49-57,60-77H. The molecular weight excluding hydrogens is 1040 g/mol. The van der Waals surface area contributed by atoms with Gasteiger partial charge in [0.2, 0.25) is 0 Å². The number of aliphatic hydroxyl groups is 3. The monoisotopic (exact) mass is 1090 g/mol. The van der Waals surface area contributed by atoms with Crippen molar-refractivity contribution >= 4 is 12.2 Å². The maximum Gasteiger partial charge on any atom is 0.157 e. The van der Waals surface area contributed by atoms with Crippen LogP contribution >= 0.6 is 0 Å². The molecule has 0 aromatic heterocycles. The van der Waals surface area contributed by atoms with Gasteiger partial charge in [0.1, 0.15) is 87.3 Å². The third-order valence-corrected chi connectivity index (χ3v) is 14.8. The zero-order chi connectivity index (χ0) is 56.9. The lowest BCUT2D eigenvalue weighted by Crippen LogP contribution is -2.39. The smallest absolute Gasteiger partial charge is 0.157 e. The van der Waals surface area contributed by atoms with Gasteiger partial charge in [0.25, 0.3) is 0 Å². The van der Waals surface area contributed by atoms with Crippen LogP contribution in [0.15, 0.2) is 115 Å². The zero-order valence-electron chi connectivity index (χ0n) is 41.1. The Kier molecular flexibility index (Phi) is 12.5. The Bertz CT molecular complexity index is 3820. The molecule has 0 spiro atoms. The summed E-state index contributed by atoms with van der Waals surface area (Å²) in [5.41, 5.74) is -1.92. The Morgan fingerprint density at radius 2 is 0.625 bits per heavy atom. The first-order valence-electron chi connectivity index (χ1n) is 24.5. The van der Waals surface area contributed by atoms with E-state index in [2.05, 4.69) is 0 Å². The topological polar surface area (TPSA) is 392 Å². The molecule has 0 saturated carbocycles. The maximum atomic E-state index is 12.9. The van der Waals surface area contributed by atoms with E-state index in [9.17, 15) is 91.9 Å². The Morgan fingerprint density at radius 1 is 0.275 bits per heavy atom. The van der Waals surface area contributed by atoms with Gasteiger partial charge < -0.3 is 106 Å². The lowest BCUT2D eigenvalue weighted by molar-refractivity contribution is -0.00762. The van der Waals surface area contributed by atoms with Crippen molar-refractivity contribution in [2.24, 2.45) is 0 Å². The van der Waals surface area contributed by atoms with Crippen molar-refractivity contribution in [1.29, 1.82) is 0 Å². The van der Waals surface area contributed by atoms with Crippen molar-refractivity contribution in [3.8, 4) is 103 Å². The molecule has 11 rings (SSSR count). The highest BCUT2D eigenvalue weighted by Gasteiger charge is 2.52. The van der Waals surface area contributed by atoms with Crippen LogP contribution in [-0.2, 0) is 0 Å². The van der Waals surface area contributed by atoms with Crippen LogP contribution in [0.5, 0.6) is 103 Å². The highest BCUT2D eigenvalue weighted by Crippen LogP contribution is 2.64. The molecule has 8 aromatic carbocycles. The molecule has 8 aromatic rings. The highest BCUT2D eigenvalue weighted by molar-refractivity contribution is 5.75.